The second-order valence-electron chi connectivity index (χ2n) is 5.55. The molecular formula is C19H21N5O3. The Bertz CT molecular complexity index is 949. The lowest BCUT2D eigenvalue weighted by Crippen LogP contribution is -2.25. The van der Waals surface area contributed by atoms with E-state index in [1.54, 1.807) is 18.2 Å². The molecule has 1 aromatic heterocycles. The lowest BCUT2D eigenvalue weighted by molar-refractivity contribution is 0.287. The molecule has 0 atom stereocenters. The molecule has 0 bridgehead atoms. The smallest absolute Gasteiger partial charge is 0.356 e. The maximum Gasteiger partial charge on any atom is 0.356 e. The van der Waals surface area contributed by atoms with Crippen molar-refractivity contribution in [2.24, 2.45) is 5.84 Å². The second kappa shape index (κ2) is 8.33. The zero-order valence-electron chi connectivity index (χ0n) is 15.2. The zero-order valence-corrected chi connectivity index (χ0v) is 15.2. The fourth-order valence-corrected chi connectivity index (χ4v) is 2.43. The number of anilines is 1. The Morgan fingerprint density at radius 3 is 2.11 bits per heavy atom. The number of nitrogens with two attached hydrogens (primary N) is 1. The van der Waals surface area contributed by atoms with Gasteiger partial charge in [0.2, 0.25) is 5.95 Å². The molecule has 3 N–H and O–H groups in total. The molecule has 1 heterocycles. The molecule has 0 amide bonds. The van der Waals surface area contributed by atoms with E-state index >= 15 is 0 Å². The van der Waals surface area contributed by atoms with Gasteiger partial charge in [-0.15, -0.1) is 0 Å². The molecule has 0 saturated heterocycles. The number of nitrogen functional groups attached to an aromatic ring is 1. The van der Waals surface area contributed by atoms with Crippen molar-refractivity contribution >= 4 is 5.95 Å². The summed E-state index contributed by atoms with van der Waals surface area (Å²) in [4.78, 5) is 19.5. The van der Waals surface area contributed by atoms with Crippen LogP contribution in [-0.4, -0.2) is 27.7 Å². The van der Waals surface area contributed by atoms with E-state index in [2.05, 4.69) is 39.7 Å². The van der Waals surface area contributed by atoms with E-state index in [9.17, 15) is 4.79 Å². The first kappa shape index (κ1) is 18.4. The number of rotatable bonds is 6. The SMILES string of the molecule is CCOc1ccc(-n2cnc(NN)nc2=O)cc1OCC.c1cc2ccc1-2. The fraction of sp³-hybridized carbons (Fsp3) is 0.211. The molecule has 140 valence electrons. The predicted octanol–water partition coefficient (Wildman–Crippen LogP) is 2.38. The molecule has 8 heteroatoms. The summed E-state index contributed by atoms with van der Waals surface area (Å²) in [6.07, 6.45) is 1.34. The van der Waals surface area contributed by atoms with E-state index in [1.807, 2.05) is 13.8 Å². The summed E-state index contributed by atoms with van der Waals surface area (Å²) >= 11 is 0. The normalized spacial score (nSPS) is 10.5. The molecular weight excluding hydrogens is 346 g/mol. The summed E-state index contributed by atoms with van der Waals surface area (Å²) in [5.41, 5.74) is 5.16. The van der Waals surface area contributed by atoms with Crippen molar-refractivity contribution in [1.29, 1.82) is 0 Å². The van der Waals surface area contributed by atoms with E-state index in [0.717, 1.165) is 0 Å². The number of aromatic nitrogens is 3. The Balaban J connectivity index is 0.000000290. The van der Waals surface area contributed by atoms with Crippen LogP contribution >= 0.6 is 0 Å². The minimum absolute atomic E-state index is 0.0622. The summed E-state index contributed by atoms with van der Waals surface area (Å²) in [7, 11) is 0. The van der Waals surface area contributed by atoms with Gasteiger partial charge in [-0.2, -0.15) is 4.98 Å². The number of nitrogens with zero attached hydrogens (tertiary/aromatic N) is 3. The van der Waals surface area contributed by atoms with Gasteiger partial charge in [0.15, 0.2) is 11.5 Å². The van der Waals surface area contributed by atoms with Crippen molar-refractivity contribution in [3.05, 3.63) is 59.3 Å². The van der Waals surface area contributed by atoms with Gasteiger partial charge in [-0.25, -0.2) is 15.6 Å². The minimum atomic E-state index is -0.496. The number of hydrogen-bond acceptors (Lipinski definition) is 7. The summed E-state index contributed by atoms with van der Waals surface area (Å²) < 4.78 is 12.3. The van der Waals surface area contributed by atoms with E-state index in [0.29, 0.717) is 30.4 Å². The van der Waals surface area contributed by atoms with Crippen LogP contribution in [0.1, 0.15) is 13.8 Å². The van der Waals surface area contributed by atoms with Crippen molar-refractivity contribution in [1.82, 2.24) is 14.5 Å². The second-order valence-corrected chi connectivity index (χ2v) is 5.55. The summed E-state index contributed by atoms with van der Waals surface area (Å²) in [6, 6.07) is 13.7. The van der Waals surface area contributed by atoms with Gasteiger partial charge in [0.25, 0.3) is 0 Å². The third kappa shape index (κ3) is 4.06. The number of hydrazine groups is 1. The van der Waals surface area contributed by atoms with Crippen LogP contribution in [0.2, 0.25) is 0 Å². The lowest BCUT2D eigenvalue weighted by Gasteiger charge is -2.13. The molecule has 1 aromatic carbocycles. The fourth-order valence-electron chi connectivity index (χ4n) is 2.43. The van der Waals surface area contributed by atoms with Crippen LogP contribution < -0.4 is 26.4 Å². The first-order chi connectivity index (χ1) is 13.2. The Morgan fingerprint density at radius 1 is 1.00 bits per heavy atom. The van der Waals surface area contributed by atoms with Crippen molar-refractivity contribution in [2.75, 3.05) is 18.6 Å². The van der Waals surface area contributed by atoms with Crippen molar-refractivity contribution in [3.8, 4) is 28.3 Å². The molecule has 0 unspecified atom stereocenters. The number of nitrogens with one attached hydrogen (secondary N) is 1. The highest BCUT2D eigenvalue weighted by molar-refractivity contribution is 5.75. The van der Waals surface area contributed by atoms with Crippen molar-refractivity contribution in [3.63, 3.8) is 0 Å². The molecule has 0 fully saturated rings. The maximum atomic E-state index is 11.9. The molecule has 4 rings (SSSR count). The standard InChI is InChI=1S/C13H17N5O3.C6H4/c1-3-20-10-6-5-9(7-11(10)21-4-2)18-8-15-12(17-14)16-13(18)19;1-2-6-4-3-5(1)6/h5-8H,3-4,14H2,1-2H3,(H,16,17,19);1-4H. The quantitative estimate of drug-likeness (QED) is 0.398. The van der Waals surface area contributed by atoms with Crippen LogP contribution in [0.25, 0.3) is 16.8 Å². The van der Waals surface area contributed by atoms with Gasteiger partial charge in [0.05, 0.1) is 18.9 Å². The average molecular weight is 367 g/mol. The number of hydrogen-bond donors (Lipinski definition) is 2. The highest BCUT2D eigenvalue weighted by Gasteiger charge is 2.09. The number of ether oxygens (including phenoxy) is 2. The van der Waals surface area contributed by atoms with E-state index in [1.165, 1.54) is 22.0 Å². The number of fused-ring (bicyclic) bond motifs is 1. The van der Waals surface area contributed by atoms with Crippen LogP contribution in [-0.2, 0) is 0 Å². The molecule has 0 radical (unpaired) electrons. The predicted molar refractivity (Wildman–Crippen MR) is 103 cm³/mol. The van der Waals surface area contributed by atoms with Crippen LogP contribution in [0, 0.1) is 0 Å². The molecule has 2 aliphatic rings. The highest BCUT2D eigenvalue weighted by atomic mass is 16.5. The first-order valence-electron chi connectivity index (χ1n) is 8.59. The van der Waals surface area contributed by atoms with Crippen LogP contribution in [0.4, 0.5) is 5.95 Å². The molecule has 2 aromatic rings. The maximum absolute atomic E-state index is 11.9. The van der Waals surface area contributed by atoms with Gasteiger partial charge in [-0.3, -0.25) is 9.99 Å². The summed E-state index contributed by atoms with van der Waals surface area (Å²) in [5.74, 6) is 6.41. The molecule has 8 nitrogen and oxygen atoms in total. The van der Waals surface area contributed by atoms with Gasteiger partial charge in [0.1, 0.15) is 6.33 Å². The summed E-state index contributed by atoms with van der Waals surface area (Å²) in [6.45, 7) is 4.78. The minimum Gasteiger partial charge on any atom is -0.490 e. The van der Waals surface area contributed by atoms with Crippen LogP contribution in [0.3, 0.4) is 0 Å². The van der Waals surface area contributed by atoms with E-state index in [4.69, 9.17) is 15.3 Å². The van der Waals surface area contributed by atoms with Crippen LogP contribution in [0.5, 0.6) is 11.5 Å². The average Bonchev–Trinajstić information content (AvgIpc) is 2.67. The molecule has 0 aliphatic heterocycles. The molecule has 0 spiro atoms. The third-order valence-electron chi connectivity index (χ3n) is 3.86. The Labute approximate surface area is 156 Å². The number of benzene rings is 2. The lowest BCUT2D eigenvalue weighted by atomic mass is 9.95. The van der Waals surface area contributed by atoms with Gasteiger partial charge in [0, 0.05) is 6.07 Å². The van der Waals surface area contributed by atoms with Crippen molar-refractivity contribution in [2.45, 2.75) is 13.8 Å². The van der Waals surface area contributed by atoms with E-state index in [-0.39, 0.29) is 5.95 Å². The molecule has 0 saturated carbocycles. The highest BCUT2D eigenvalue weighted by Crippen LogP contribution is 2.30. The Morgan fingerprint density at radius 2 is 1.63 bits per heavy atom. The molecule has 2 aliphatic carbocycles. The third-order valence-corrected chi connectivity index (χ3v) is 3.86. The monoisotopic (exact) mass is 367 g/mol. The van der Waals surface area contributed by atoms with Gasteiger partial charge >= 0.3 is 5.69 Å². The van der Waals surface area contributed by atoms with E-state index < -0.39 is 5.69 Å². The zero-order chi connectivity index (χ0) is 19.2. The Hall–Kier alpha value is -3.39. The molecule has 27 heavy (non-hydrogen) atoms. The van der Waals surface area contributed by atoms with Gasteiger partial charge < -0.3 is 9.47 Å². The first-order valence-corrected chi connectivity index (χ1v) is 8.59. The van der Waals surface area contributed by atoms with Crippen molar-refractivity contribution < 1.29 is 9.47 Å². The topological polar surface area (TPSA) is 104 Å². The largest absolute Gasteiger partial charge is 0.490 e. The Kier molecular flexibility index (Phi) is 5.68. The van der Waals surface area contributed by atoms with Gasteiger partial charge in [-0.05, 0) is 37.1 Å². The summed E-state index contributed by atoms with van der Waals surface area (Å²) in [5, 5.41) is 0. The van der Waals surface area contributed by atoms with Gasteiger partial charge in [-0.1, -0.05) is 24.3 Å². The van der Waals surface area contributed by atoms with Crippen LogP contribution in [0.15, 0.2) is 53.6 Å².